The minimum absolute atomic E-state index is 0.0261. The van der Waals surface area contributed by atoms with Crippen LogP contribution in [0.4, 0.5) is 17.2 Å². The number of aromatic nitrogens is 3. The maximum Gasteiger partial charge on any atom is 0.271 e. The van der Waals surface area contributed by atoms with Crippen LogP contribution >= 0.6 is 15.9 Å². The number of fused-ring (bicyclic) bond motifs is 1. The van der Waals surface area contributed by atoms with Gasteiger partial charge >= 0.3 is 0 Å². The van der Waals surface area contributed by atoms with Crippen molar-refractivity contribution in [3.05, 3.63) is 34.2 Å². The minimum Gasteiger partial charge on any atom is -0.494 e. The molecule has 3 aromatic rings. The Kier molecular flexibility index (Phi) is 5.79. The fraction of sp³-hybridized carbons (Fsp3) is 0.300. The second-order valence-electron chi connectivity index (χ2n) is 7.13. The largest absolute Gasteiger partial charge is 0.494 e. The predicted octanol–water partition coefficient (Wildman–Crippen LogP) is 2.91. The van der Waals surface area contributed by atoms with E-state index in [1.807, 2.05) is 6.92 Å². The van der Waals surface area contributed by atoms with Crippen LogP contribution in [0, 0.1) is 5.41 Å². The lowest BCUT2D eigenvalue weighted by Gasteiger charge is -2.33. The summed E-state index contributed by atoms with van der Waals surface area (Å²) in [5.41, 5.74) is 8.42. The van der Waals surface area contributed by atoms with E-state index in [1.54, 1.807) is 17.0 Å². The van der Waals surface area contributed by atoms with Crippen molar-refractivity contribution in [1.29, 1.82) is 5.41 Å². The van der Waals surface area contributed by atoms with E-state index in [2.05, 4.69) is 36.2 Å². The van der Waals surface area contributed by atoms with Crippen molar-refractivity contribution in [3.63, 3.8) is 0 Å². The Balaban J connectivity index is 1.76. The number of aromatic amines is 1. The van der Waals surface area contributed by atoms with Crippen LogP contribution in [0.5, 0.6) is 5.75 Å². The molecule has 1 atom stereocenters. The fourth-order valence-corrected chi connectivity index (χ4v) is 4.18. The molecule has 0 radical (unpaired) electrons. The van der Waals surface area contributed by atoms with Gasteiger partial charge in [-0.3, -0.25) is 4.79 Å². The highest BCUT2D eigenvalue weighted by atomic mass is 79.9. The van der Waals surface area contributed by atoms with Gasteiger partial charge in [0.25, 0.3) is 5.91 Å². The third-order valence-corrected chi connectivity index (χ3v) is 5.98. The minimum atomic E-state index is -0.136. The van der Waals surface area contributed by atoms with E-state index in [0.29, 0.717) is 69.5 Å². The fourth-order valence-electron chi connectivity index (χ4n) is 3.53. The number of hydrogen-bond donors (Lipinski definition) is 4. The van der Waals surface area contributed by atoms with Crippen molar-refractivity contribution >= 4 is 56.3 Å². The highest BCUT2D eigenvalue weighted by Crippen LogP contribution is 2.37. The number of carbonyl (C=O) groups is 1. The van der Waals surface area contributed by atoms with Crippen LogP contribution in [-0.4, -0.2) is 64.9 Å². The van der Waals surface area contributed by atoms with Gasteiger partial charge in [0, 0.05) is 30.1 Å². The molecule has 162 valence electrons. The van der Waals surface area contributed by atoms with E-state index >= 15 is 0 Å². The Labute approximate surface area is 186 Å². The SMILES string of the molecule is COc1cc(N)c(C=N)cc1Nc1ncnc2[nH]c(C(=O)N3CCOC[C@H]3C)c(Br)c12. The number of rotatable bonds is 5. The molecule has 11 heteroatoms. The number of benzene rings is 1. The van der Waals surface area contributed by atoms with E-state index in [4.69, 9.17) is 20.6 Å². The van der Waals surface area contributed by atoms with Crippen LogP contribution in [0.2, 0.25) is 0 Å². The van der Waals surface area contributed by atoms with Gasteiger partial charge in [0.05, 0.1) is 41.9 Å². The number of ether oxygens (including phenoxy) is 2. The third kappa shape index (κ3) is 3.81. The Morgan fingerprint density at radius 2 is 2.29 bits per heavy atom. The first-order valence-corrected chi connectivity index (χ1v) is 10.4. The second-order valence-corrected chi connectivity index (χ2v) is 7.93. The predicted molar refractivity (Wildman–Crippen MR) is 121 cm³/mol. The van der Waals surface area contributed by atoms with Gasteiger partial charge in [-0.25, -0.2) is 9.97 Å². The van der Waals surface area contributed by atoms with Gasteiger partial charge in [-0.15, -0.1) is 0 Å². The number of methoxy groups -OCH3 is 1. The van der Waals surface area contributed by atoms with Gasteiger partial charge < -0.3 is 35.8 Å². The van der Waals surface area contributed by atoms with E-state index < -0.39 is 0 Å². The lowest BCUT2D eigenvalue weighted by Crippen LogP contribution is -2.47. The lowest BCUT2D eigenvalue weighted by molar-refractivity contribution is 0.00327. The van der Waals surface area contributed by atoms with E-state index in [1.165, 1.54) is 19.7 Å². The topological polar surface area (TPSA) is 142 Å². The number of nitrogens with one attached hydrogen (secondary N) is 3. The van der Waals surface area contributed by atoms with Crippen molar-refractivity contribution < 1.29 is 14.3 Å². The summed E-state index contributed by atoms with van der Waals surface area (Å²) in [5, 5.41) is 11.4. The molecule has 1 amide bonds. The molecule has 4 rings (SSSR count). The number of hydrogen-bond acceptors (Lipinski definition) is 8. The van der Waals surface area contributed by atoms with Crippen LogP contribution < -0.4 is 15.8 Å². The summed E-state index contributed by atoms with van der Waals surface area (Å²) in [6.45, 7) is 3.48. The van der Waals surface area contributed by atoms with Gasteiger partial charge in [0.15, 0.2) is 0 Å². The average molecular weight is 488 g/mol. The summed E-state index contributed by atoms with van der Waals surface area (Å²) in [7, 11) is 1.53. The lowest BCUT2D eigenvalue weighted by atomic mass is 10.1. The molecule has 0 saturated carbocycles. The van der Waals surface area contributed by atoms with Crippen molar-refractivity contribution in [1.82, 2.24) is 19.9 Å². The van der Waals surface area contributed by atoms with E-state index in [9.17, 15) is 4.79 Å². The van der Waals surface area contributed by atoms with Crippen LogP contribution in [0.25, 0.3) is 11.0 Å². The molecular formula is C20H22BrN7O3. The van der Waals surface area contributed by atoms with E-state index in [-0.39, 0.29) is 11.9 Å². The van der Waals surface area contributed by atoms with Crippen LogP contribution in [0.1, 0.15) is 23.0 Å². The first kappa shape index (κ1) is 21.1. The molecule has 10 nitrogen and oxygen atoms in total. The monoisotopic (exact) mass is 487 g/mol. The van der Waals surface area contributed by atoms with Crippen molar-refractivity contribution in [2.75, 3.05) is 37.9 Å². The molecular weight excluding hydrogens is 466 g/mol. The third-order valence-electron chi connectivity index (χ3n) is 5.19. The quantitative estimate of drug-likeness (QED) is 0.320. The van der Waals surface area contributed by atoms with Crippen LogP contribution in [0.15, 0.2) is 22.9 Å². The number of amides is 1. The molecule has 3 heterocycles. The Bertz CT molecular complexity index is 1160. The molecule has 2 aromatic heterocycles. The number of halogens is 1. The average Bonchev–Trinajstić information content (AvgIpc) is 3.12. The highest BCUT2D eigenvalue weighted by Gasteiger charge is 2.29. The van der Waals surface area contributed by atoms with Gasteiger partial charge in [-0.1, -0.05) is 0 Å². The number of nitrogens with zero attached hydrogens (tertiary/aromatic N) is 3. The van der Waals surface area contributed by atoms with Crippen molar-refractivity contribution in [3.8, 4) is 5.75 Å². The first-order valence-electron chi connectivity index (χ1n) is 9.60. The number of nitrogens with two attached hydrogens (primary N) is 1. The molecule has 1 saturated heterocycles. The first-order chi connectivity index (χ1) is 14.9. The normalized spacial score (nSPS) is 16.4. The standard InChI is InChI=1S/C20H22BrN7O3/c1-10-8-31-4-3-28(10)20(29)17-16(21)15-18(24-9-25-19(15)27-17)26-13-5-11(7-22)12(23)6-14(13)30-2/h5-7,9-10,22H,3-4,8,23H2,1-2H3,(H2,24,25,26,27)/t10-/m1/s1. The summed E-state index contributed by atoms with van der Waals surface area (Å²) in [6.07, 6.45) is 2.57. The van der Waals surface area contributed by atoms with Crippen LogP contribution in [-0.2, 0) is 4.74 Å². The molecule has 0 bridgehead atoms. The number of nitrogen functional groups attached to an aromatic ring is 1. The number of H-pyrrole nitrogens is 1. The second kappa shape index (κ2) is 8.52. The van der Waals surface area contributed by atoms with Crippen LogP contribution in [0.3, 0.4) is 0 Å². The molecule has 1 aliphatic heterocycles. The summed E-state index contributed by atoms with van der Waals surface area (Å²) in [6, 6.07) is 3.32. The zero-order chi connectivity index (χ0) is 22.1. The summed E-state index contributed by atoms with van der Waals surface area (Å²) < 4.78 is 11.4. The Hall–Kier alpha value is -3.18. The molecule has 5 N–H and O–H groups in total. The zero-order valence-corrected chi connectivity index (χ0v) is 18.6. The van der Waals surface area contributed by atoms with Crippen molar-refractivity contribution in [2.24, 2.45) is 0 Å². The Morgan fingerprint density at radius 1 is 1.48 bits per heavy atom. The number of morpholine rings is 1. The molecule has 31 heavy (non-hydrogen) atoms. The molecule has 0 aliphatic carbocycles. The maximum atomic E-state index is 13.2. The van der Waals surface area contributed by atoms with Gasteiger partial charge in [0.1, 0.15) is 29.2 Å². The van der Waals surface area contributed by atoms with E-state index in [0.717, 1.165) is 0 Å². The molecule has 1 aliphatic rings. The maximum absolute atomic E-state index is 13.2. The zero-order valence-electron chi connectivity index (χ0n) is 17.0. The molecule has 1 fully saturated rings. The summed E-state index contributed by atoms with van der Waals surface area (Å²) >= 11 is 3.56. The smallest absolute Gasteiger partial charge is 0.271 e. The van der Waals surface area contributed by atoms with Gasteiger partial charge in [-0.05, 0) is 28.9 Å². The highest BCUT2D eigenvalue weighted by molar-refractivity contribution is 9.10. The summed E-state index contributed by atoms with van der Waals surface area (Å²) in [5.74, 6) is 0.837. The molecule has 1 aromatic carbocycles. The molecule has 0 spiro atoms. The van der Waals surface area contributed by atoms with Crippen molar-refractivity contribution in [2.45, 2.75) is 13.0 Å². The number of anilines is 3. The summed E-state index contributed by atoms with van der Waals surface area (Å²) in [4.78, 5) is 26.7. The Morgan fingerprint density at radius 3 is 3.00 bits per heavy atom. The van der Waals surface area contributed by atoms with Gasteiger partial charge in [-0.2, -0.15) is 0 Å². The molecule has 0 unspecified atom stereocenters. The van der Waals surface area contributed by atoms with Gasteiger partial charge in [0.2, 0.25) is 0 Å². The number of carbonyl (C=O) groups excluding carboxylic acids is 1.